The number of hydrogen-bond acceptors (Lipinski definition) is 6. The Morgan fingerprint density at radius 3 is 2.61 bits per heavy atom. The summed E-state index contributed by atoms with van der Waals surface area (Å²) < 4.78 is 11.4. The molecule has 6 heteroatoms. The second-order valence-electron chi connectivity index (χ2n) is 9.19. The van der Waals surface area contributed by atoms with Crippen molar-refractivity contribution in [3.8, 4) is 0 Å². The highest BCUT2D eigenvalue weighted by atomic mass is 16.6. The molecule has 3 aromatic carbocycles. The lowest BCUT2D eigenvalue weighted by Gasteiger charge is -2.42. The topological polar surface area (TPSA) is 81.7 Å². The van der Waals surface area contributed by atoms with Crippen LogP contribution in [0, 0.1) is 6.92 Å². The predicted octanol–water partition coefficient (Wildman–Crippen LogP) is 4.50. The Kier molecular flexibility index (Phi) is 4.42. The minimum atomic E-state index is -0.331. The predicted molar refractivity (Wildman–Crippen MR) is 123 cm³/mol. The first-order valence-electron chi connectivity index (χ1n) is 11.3. The van der Waals surface area contributed by atoms with Crippen LogP contribution in [0.15, 0.2) is 42.5 Å². The number of ether oxygens (including phenoxy) is 2. The third kappa shape index (κ3) is 3.09. The molecule has 6 nitrogen and oxygen atoms in total. The lowest BCUT2D eigenvalue weighted by atomic mass is 9.77. The summed E-state index contributed by atoms with van der Waals surface area (Å²) in [5.41, 5.74) is 4.49. The second kappa shape index (κ2) is 7.25. The number of nitrogens with one attached hydrogen (secondary N) is 1. The Labute approximate surface area is 190 Å². The average molecular weight is 441 g/mol. The van der Waals surface area contributed by atoms with Gasteiger partial charge in [0.25, 0.3) is 0 Å². The average Bonchev–Trinajstić information content (AvgIpc) is 2.79. The van der Waals surface area contributed by atoms with E-state index in [1.807, 2.05) is 37.3 Å². The minimum absolute atomic E-state index is 0.0761. The number of anilines is 1. The molecule has 0 spiro atoms. The molecule has 2 heterocycles. The van der Waals surface area contributed by atoms with Crippen molar-refractivity contribution in [2.24, 2.45) is 0 Å². The van der Waals surface area contributed by atoms with Gasteiger partial charge in [-0.05, 0) is 42.7 Å². The van der Waals surface area contributed by atoms with Gasteiger partial charge in [0.2, 0.25) is 0 Å². The smallest absolute Gasteiger partial charge is 0.302 e. The molecule has 3 aliphatic rings. The molecule has 1 saturated heterocycles. The molecule has 3 atom stereocenters. The van der Waals surface area contributed by atoms with Crippen LogP contribution >= 0.6 is 0 Å². The van der Waals surface area contributed by atoms with E-state index in [1.165, 1.54) is 6.92 Å². The van der Waals surface area contributed by atoms with Gasteiger partial charge in [-0.1, -0.05) is 35.9 Å². The van der Waals surface area contributed by atoms with Crippen molar-refractivity contribution in [3.05, 3.63) is 75.8 Å². The van der Waals surface area contributed by atoms with Crippen molar-refractivity contribution in [2.45, 2.75) is 44.9 Å². The summed E-state index contributed by atoms with van der Waals surface area (Å²) in [6, 6.07) is 13.3. The molecule has 6 rings (SSSR count). The Balaban J connectivity index is 1.43. The molecule has 0 amide bonds. The van der Waals surface area contributed by atoms with Gasteiger partial charge in [-0.25, -0.2) is 0 Å². The van der Waals surface area contributed by atoms with Crippen molar-refractivity contribution in [2.75, 3.05) is 11.9 Å². The molecule has 0 saturated carbocycles. The third-order valence-electron chi connectivity index (χ3n) is 6.93. The first-order chi connectivity index (χ1) is 15.9. The maximum atomic E-state index is 13.7. The molecule has 3 aromatic rings. The Morgan fingerprint density at radius 2 is 1.79 bits per heavy atom. The number of ketones is 2. The molecule has 0 aromatic heterocycles. The van der Waals surface area contributed by atoms with Gasteiger partial charge in [0.05, 0.1) is 23.5 Å². The van der Waals surface area contributed by atoms with Gasteiger partial charge in [-0.15, -0.1) is 0 Å². The quantitative estimate of drug-likeness (QED) is 0.461. The molecule has 0 radical (unpaired) electrons. The highest BCUT2D eigenvalue weighted by Crippen LogP contribution is 2.46. The van der Waals surface area contributed by atoms with Gasteiger partial charge in [0.1, 0.15) is 6.61 Å². The molecule has 2 bridgehead atoms. The van der Waals surface area contributed by atoms with Gasteiger partial charge in [-0.3, -0.25) is 14.4 Å². The van der Waals surface area contributed by atoms with E-state index in [2.05, 4.69) is 5.32 Å². The molecular weight excluding hydrogens is 418 g/mol. The van der Waals surface area contributed by atoms with Crippen molar-refractivity contribution < 1.29 is 23.9 Å². The number of aryl methyl sites for hydroxylation is 1. The van der Waals surface area contributed by atoms with E-state index < -0.39 is 0 Å². The Morgan fingerprint density at radius 1 is 1.03 bits per heavy atom. The highest BCUT2D eigenvalue weighted by Gasteiger charge is 2.41. The van der Waals surface area contributed by atoms with E-state index in [9.17, 15) is 14.4 Å². The first-order valence-corrected chi connectivity index (χ1v) is 11.3. The number of esters is 1. The van der Waals surface area contributed by atoms with Gasteiger partial charge < -0.3 is 14.8 Å². The number of benzene rings is 3. The third-order valence-corrected chi connectivity index (χ3v) is 6.93. The van der Waals surface area contributed by atoms with Crippen LogP contribution in [0.25, 0.3) is 10.8 Å². The second-order valence-corrected chi connectivity index (χ2v) is 9.19. The molecule has 33 heavy (non-hydrogen) atoms. The monoisotopic (exact) mass is 441 g/mol. The minimum Gasteiger partial charge on any atom is -0.463 e. The van der Waals surface area contributed by atoms with E-state index in [1.54, 1.807) is 12.1 Å². The fourth-order valence-electron chi connectivity index (χ4n) is 5.48. The highest BCUT2D eigenvalue weighted by molar-refractivity contribution is 6.33. The van der Waals surface area contributed by atoms with Crippen LogP contribution in [0.1, 0.15) is 68.8 Å². The van der Waals surface area contributed by atoms with Crippen LogP contribution in [0.3, 0.4) is 0 Å². The van der Waals surface area contributed by atoms with E-state index in [-0.39, 0.29) is 42.4 Å². The zero-order valence-electron chi connectivity index (χ0n) is 18.4. The van der Waals surface area contributed by atoms with Gasteiger partial charge in [0, 0.05) is 35.2 Å². The van der Waals surface area contributed by atoms with Crippen molar-refractivity contribution >= 4 is 34.0 Å². The molecule has 1 aliphatic carbocycles. The summed E-state index contributed by atoms with van der Waals surface area (Å²) in [5.74, 6) is -0.590. The zero-order chi connectivity index (χ0) is 22.9. The standard InChI is InChI=1S/C27H23NO5/c1-13-3-5-18-15(9-13)4-6-20-23(18)26(30)21-8-7-19-22-11-16(28-25(19)24(21)27(20)31)10-17(33-22)12-32-14(2)29/h3-9,16-17,22,28H,10-12H2,1-2H3/t16-,17+,22+/m1/s1. The number of carbonyl (C=O) groups excluding carboxylic acids is 3. The number of rotatable bonds is 2. The SMILES string of the molecule is CC(=O)OC[C@@H]1C[C@@H]2C[C@H](O1)c1ccc3c(c1N2)C(=O)c1ccc2cc(C)ccc2c1C3=O. The summed E-state index contributed by atoms with van der Waals surface area (Å²) in [4.78, 5) is 38.5. The van der Waals surface area contributed by atoms with Crippen molar-refractivity contribution in [1.82, 2.24) is 0 Å². The molecule has 2 aliphatic heterocycles. The zero-order valence-corrected chi connectivity index (χ0v) is 18.4. The fraction of sp³-hybridized carbons (Fsp3) is 0.296. The number of fused-ring (bicyclic) bond motifs is 9. The van der Waals surface area contributed by atoms with Gasteiger partial charge >= 0.3 is 5.97 Å². The van der Waals surface area contributed by atoms with Crippen LogP contribution in [0.2, 0.25) is 0 Å². The molecule has 1 N–H and O–H groups in total. The largest absolute Gasteiger partial charge is 0.463 e. The van der Waals surface area contributed by atoms with Crippen molar-refractivity contribution in [1.29, 1.82) is 0 Å². The summed E-state index contributed by atoms with van der Waals surface area (Å²) in [6.07, 6.45) is 1.01. The maximum Gasteiger partial charge on any atom is 0.302 e. The normalized spacial score (nSPS) is 22.8. The fourth-order valence-corrected chi connectivity index (χ4v) is 5.48. The summed E-state index contributed by atoms with van der Waals surface area (Å²) in [5, 5.41) is 5.27. The van der Waals surface area contributed by atoms with E-state index >= 15 is 0 Å². The first kappa shape index (κ1) is 20.1. The Hall–Kier alpha value is -3.51. The molecule has 0 unspecified atom stereocenters. The lowest BCUT2D eigenvalue weighted by molar-refractivity contribution is -0.150. The van der Waals surface area contributed by atoms with Crippen LogP contribution < -0.4 is 5.32 Å². The van der Waals surface area contributed by atoms with Crippen LogP contribution in [-0.4, -0.2) is 36.3 Å². The van der Waals surface area contributed by atoms with E-state index in [0.717, 1.165) is 28.3 Å². The maximum absolute atomic E-state index is 13.7. The van der Waals surface area contributed by atoms with Crippen LogP contribution in [-0.2, 0) is 14.3 Å². The summed E-state index contributed by atoms with van der Waals surface area (Å²) >= 11 is 0. The summed E-state index contributed by atoms with van der Waals surface area (Å²) in [7, 11) is 0. The summed E-state index contributed by atoms with van der Waals surface area (Å²) in [6.45, 7) is 3.60. The number of hydrogen-bond donors (Lipinski definition) is 1. The van der Waals surface area contributed by atoms with E-state index in [0.29, 0.717) is 34.4 Å². The lowest BCUT2D eigenvalue weighted by Crippen LogP contribution is -2.42. The Bertz CT molecular complexity index is 1370. The van der Waals surface area contributed by atoms with Gasteiger partial charge in [-0.2, -0.15) is 0 Å². The number of carbonyl (C=O) groups is 3. The van der Waals surface area contributed by atoms with E-state index in [4.69, 9.17) is 9.47 Å². The van der Waals surface area contributed by atoms with Crippen molar-refractivity contribution in [3.63, 3.8) is 0 Å². The molecule has 1 fully saturated rings. The molecule has 166 valence electrons. The van der Waals surface area contributed by atoms with Crippen LogP contribution in [0.5, 0.6) is 0 Å². The molecular formula is C27H23NO5. The van der Waals surface area contributed by atoms with Gasteiger partial charge in [0.15, 0.2) is 11.6 Å². The van der Waals surface area contributed by atoms with Crippen LogP contribution in [0.4, 0.5) is 5.69 Å².